The molecule has 2 radical (unpaired) electrons. The fraction of sp³-hybridized carbons (Fsp3) is 0. The van der Waals surface area contributed by atoms with Gasteiger partial charge in [-0.3, -0.25) is 9.59 Å². The van der Waals surface area contributed by atoms with Crippen LogP contribution >= 0.6 is 0 Å². The van der Waals surface area contributed by atoms with Gasteiger partial charge in [-0.2, -0.15) is 0 Å². The molecular formula is C14H6N2O8Se. The van der Waals surface area contributed by atoms with Crippen LogP contribution in [0.25, 0.3) is 11.3 Å². The van der Waals surface area contributed by atoms with Gasteiger partial charge in [0.15, 0.2) is 0 Å². The fourth-order valence-electron chi connectivity index (χ4n) is 2.42. The zero-order valence-electron chi connectivity index (χ0n) is 11.9. The first-order valence-corrected chi connectivity index (χ1v) is 6.29. The molecule has 0 saturated heterocycles. The van der Waals surface area contributed by atoms with Crippen LogP contribution in [-0.2, 0) is 0 Å². The van der Waals surface area contributed by atoms with Crippen LogP contribution in [0, 0.1) is 0 Å². The fourth-order valence-corrected chi connectivity index (χ4v) is 2.42. The first kappa shape index (κ1) is 18.0. The number of aromatic amines is 1. The van der Waals surface area contributed by atoms with Gasteiger partial charge >= 0.3 is 17.9 Å². The molecule has 0 aromatic carbocycles. The summed E-state index contributed by atoms with van der Waals surface area (Å²) in [6.07, 6.45) is 0. The predicted octanol–water partition coefficient (Wildman–Crippen LogP) is 0.170. The minimum atomic E-state index is -1.58. The Bertz CT molecular complexity index is 991. The van der Waals surface area contributed by atoms with Crippen molar-refractivity contribution < 1.29 is 39.3 Å². The van der Waals surface area contributed by atoms with Crippen molar-refractivity contribution in [2.24, 2.45) is 0 Å². The third-order valence-electron chi connectivity index (χ3n) is 3.43. The number of ketones is 2. The van der Waals surface area contributed by atoms with Crippen molar-refractivity contribution in [3.63, 3.8) is 0 Å². The third kappa shape index (κ3) is 2.61. The Hall–Kier alpha value is -3.30. The third-order valence-corrected chi connectivity index (χ3v) is 3.43. The number of rotatable bonds is 3. The average Bonchev–Trinajstić information content (AvgIpc) is 2.96. The van der Waals surface area contributed by atoms with Gasteiger partial charge in [0.1, 0.15) is 17.1 Å². The molecule has 4 N–H and O–H groups in total. The summed E-state index contributed by atoms with van der Waals surface area (Å²) in [4.78, 5) is 63.7. The maximum atomic E-state index is 12.1. The van der Waals surface area contributed by atoms with Gasteiger partial charge in [-0.1, -0.05) is 0 Å². The zero-order chi connectivity index (χ0) is 17.8. The standard InChI is InChI=1S/C14H6N2O8.Se/c17-10-4-2-6(14(23)24)15-8(4)7-3(12(19)20)1-5(13(21)22)16-9(7)11(10)18;/h1-2,15H,(H,19,20)(H,21,22)(H,23,24);. The summed E-state index contributed by atoms with van der Waals surface area (Å²) in [6, 6.07) is 1.65. The van der Waals surface area contributed by atoms with E-state index >= 15 is 0 Å². The zero-order valence-corrected chi connectivity index (χ0v) is 13.6. The van der Waals surface area contributed by atoms with E-state index in [9.17, 15) is 29.1 Å². The molecule has 0 unspecified atom stereocenters. The van der Waals surface area contributed by atoms with Gasteiger partial charge in [0.05, 0.1) is 16.8 Å². The first-order valence-electron chi connectivity index (χ1n) is 6.29. The van der Waals surface area contributed by atoms with Gasteiger partial charge in [-0.25, -0.2) is 19.4 Å². The van der Waals surface area contributed by atoms with E-state index in [4.69, 9.17) is 10.2 Å². The summed E-state index contributed by atoms with van der Waals surface area (Å²) in [5, 5.41) is 27.3. The van der Waals surface area contributed by atoms with Crippen LogP contribution in [0.15, 0.2) is 12.1 Å². The smallest absolute Gasteiger partial charge is 0.354 e. The van der Waals surface area contributed by atoms with Crippen LogP contribution in [0.4, 0.5) is 0 Å². The van der Waals surface area contributed by atoms with E-state index < -0.39 is 52.1 Å². The van der Waals surface area contributed by atoms with Crippen LogP contribution in [0.1, 0.15) is 52.2 Å². The van der Waals surface area contributed by atoms with E-state index in [1.807, 2.05) is 0 Å². The van der Waals surface area contributed by atoms with Crippen molar-refractivity contribution in [1.82, 2.24) is 9.97 Å². The van der Waals surface area contributed by atoms with Crippen molar-refractivity contribution in [3.8, 4) is 11.3 Å². The van der Waals surface area contributed by atoms with E-state index in [1.54, 1.807) is 0 Å². The molecule has 1 aliphatic rings. The molecule has 2 aromatic rings. The summed E-state index contributed by atoms with van der Waals surface area (Å²) in [5.74, 6) is -6.87. The molecule has 0 saturated carbocycles. The molecule has 1 aliphatic carbocycles. The van der Waals surface area contributed by atoms with Gasteiger partial charge < -0.3 is 20.3 Å². The number of nitrogens with one attached hydrogen (secondary N) is 1. The minimum absolute atomic E-state index is 0. The Kier molecular flexibility index (Phi) is 4.30. The number of Topliss-reactive ketones (excluding diaryl/α,β-unsaturated/α-hetero) is 2. The number of carbonyl (C=O) groups is 5. The maximum Gasteiger partial charge on any atom is 0.354 e. The molecular weight excluding hydrogens is 403 g/mol. The Morgan fingerprint density at radius 3 is 2.08 bits per heavy atom. The van der Waals surface area contributed by atoms with Gasteiger partial charge in [0.2, 0.25) is 5.78 Å². The number of carbonyl (C=O) groups excluding carboxylic acids is 2. The van der Waals surface area contributed by atoms with E-state index in [1.165, 1.54) is 0 Å². The normalized spacial score (nSPS) is 12.0. The van der Waals surface area contributed by atoms with Crippen molar-refractivity contribution in [2.45, 2.75) is 0 Å². The number of hydrogen-bond donors (Lipinski definition) is 4. The van der Waals surface area contributed by atoms with Crippen LogP contribution in [0.5, 0.6) is 0 Å². The summed E-state index contributed by atoms with van der Waals surface area (Å²) in [5.41, 5.74) is -3.21. The van der Waals surface area contributed by atoms with Crippen molar-refractivity contribution in [3.05, 3.63) is 40.3 Å². The van der Waals surface area contributed by atoms with Crippen LogP contribution < -0.4 is 0 Å². The molecule has 25 heavy (non-hydrogen) atoms. The molecule has 11 heteroatoms. The molecule has 0 atom stereocenters. The summed E-state index contributed by atoms with van der Waals surface area (Å²) < 4.78 is 0. The minimum Gasteiger partial charge on any atom is -0.478 e. The number of fused-ring (bicyclic) bond motifs is 3. The molecule has 0 aliphatic heterocycles. The van der Waals surface area contributed by atoms with Crippen molar-refractivity contribution in [1.29, 1.82) is 0 Å². The molecule has 3 rings (SSSR count). The number of hydrogen-bond acceptors (Lipinski definition) is 6. The maximum absolute atomic E-state index is 12.1. The molecule has 0 fully saturated rings. The topological polar surface area (TPSA) is 175 Å². The molecule has 2 heterocycles. The predicted molar refractivity (Wildman–Crippen MR) is 79.3 cm³/mol. The number of pyridine rings is 1. The Morgan fingerprint density at radius 1 is 0.920 bits per heavy atom. The first-order chi connectivity index (χ1) is 11.2. The van der Waals surface area contributed by atoms with Crippen molar-refractivity contribution in [2.75, 3.05) is 0 Å². The SMILES string of the molecule is O=C(O)c1cc(C(=O)O)c2c(n1)C(=O)C(=O)c1cc(C(=O)O)[nH]c1-2.[Se]. The number of aromatic carboxylic acids is 3. The van der Waals surface area contributed by atoms with Crippen molar-refractivity contribution >= 4 is 46.5 Å². The molecule has 2 aromatic heterocycles. The number of carboxylic acid groups (broad SMARTS) is 3. The molecule has 10 nitrogen and oxygen atoms in total. The number of nitrogens with zero attached hydrogens (tertiary/aromatic N) is 1. The van der Waals surface area contributed by atoms with Crippen LogP contribution in [0.2, 0.25) is 0 Å². The summed E-state index contributed by atoms with van der Waals surface area (Å²) in [7, 11) is 0. The summed E-state index contributed by atoms with van der Waals surface area (Å²) >= 11 is 0. The van der Waals surface area contributed by atoms with Gasteiger partial charge in [-0.15, -0.1) is 0 Å². The second kappa shape index (κ2) is 5.96. The van der Waals surface area contributed by atoms with E-state index in [-0.39, 0.29) is 33.9 Å². The summed E-state index contributed by atoms with van der Waals surface area (Å²) in [6.45, 7) is 0. The van der Waals surface area contributed by atoms with Gasteiger partial charge in [0, 0.05) is 22.6 Å². The molecule has 0 spiro atoms. The van der Waals surface area contributed by atoms with E-state index in [0.717, 1.165) is 12.1 Å². The number of H-pyrrole nitrogens is 1. The largest absolute Gasteiger partial charge is 0.478 e. The quantitative estimate of drug-likeness (QED) is 0.407. The Morgan fingerprint density at radius 2 is 1.56 bits per heavy atom. The van der Waals surface area contributed by atoms with Crippen LogP contribution in [0.3, 0.4) is 0 Å². The Labute approximate surface area is 148 Å². The second-order valence-electron chi connectivity index (χ2n) is 4.82. The second-order valence-corrected chi connectivity index (χ2v) is 4.82. The average molecular weight is 409 g/mol. The van der Waals surface area contributed by atoms with E-state index in [2.05, 4.69) is 9.97 Å². The molecule has 0 bridgehead atoms. The number of carboxylic acids is 3. The van der Waals surface area contributed by atoms with Gasteiger partial charge in [0.25, 0.3) is 5.78 Å². The molecule has 126 valence electrons. The Balaban J connectivity index is 0.00000225. The van der Waals surface area contributed by atoms with Crippen LogP contribution in [-0.4, -0.2) is 71.8 Å². The molecule has 0 amide bonds. The number of aromatic nitrogens is 2. The van der Waals surface area contributed by atoms with Gasteiger partial charge in [-0.05, 0) is 12.1 Å². The monoisotopic (exact) mass is 410 g/mol. The van der Waals surface area contributed by atoms with E-state index in [0.29, 0.717) is 0 Å².